The van der Waals surface area contributed by atoms with Crippen molar-refractivity contribution in [1.29, 1.82) is 0 Å². The molecule has 0 fully saturated rings. The van der Waals surface area contributed by atoms with Crippen molar-refractivity contribution in [3.8, 4) is 11.5 Å². The summed E-state index contributed by atoms with van der Waals surface area (Å²) in [5.41, 5.74) is 2.20. The van der Waals surface area contributed by atoms with E-state index in [4.69, 9.17) is 21.1 Å². The second kappa shape index (κ2) is 6.67. The highest BCUT2D eigenvalue weighted by atomic mass is 79.9. The Morgan fingerprint density at radius 3 is 2.24 bits per heavy atom. The molecule has 2 rings (SSSR count). The van der Waals surface area contributed by atoms with Crippen LogP contribution in [0.2, 0.25) is 0 Å². The third kappa shape index (κ3) is 3.33. The first kappa shape index (κ1) is 16.1. The minimum absolute atomic E-state index is 0.343. The van der Waals surface area contributed by atoms with Crippen molar-refractivity contribution in [2.75, 3.05) is 14.2 Å². The van der Waals surface area contributed by atoms with Gasteiger partial charge < -0.3 is 9.47 Å². The van der Waals surface area contributed by atoms with Crippen molar-refractivity contribution >= 4 is 27.5 Å². The SMILES string of the molecule is COc1cc(F)c(C(Cl)c2ccc(Br)cc2C)cc1OC. The highest BCUT2D eigenvalue weighted by molar-refractivity contribution is 9.10. The second-order valence-corrected chi connectivity index (χ2v) is 5.94. The van der Waals surface area contributed by atoms with Gasteiger partial charge in [-0.1, -0.05) is 22.0 Å². The smallest absolute Gasteiger partial charge is 0.163 e. The fourth-order valence-electron chi connectivity index (χ4n) is 2.16. The number of aryl methyl sites for hydroxylation is 1. The lowest BCUT2D eigenvalue weighted by Crippen LogP contribution is -2.02. The highest BCUT2D eigenvalue weighted by Gasteiger charge is 2.20. The van der Waals surface area contributed by atoms with Gasteiger partial charge in [0.1, 0.15) is 5.82 Å². The number of hydrogen-bond donors (Lipinski definition) is 0. The molecule has 0 aromatic heterocycles. The molecule has 0 amide bonds. The summed E-state index contributed by atoms with van der Waals surface area (Å²) in [5.74, 6) is 0.374. The highest BCUT2D eigenvalue weighted by Crippen LogP contribution is 2.38. The maximum Gasteiger partial charge on any atom is 0.163 e. The molecule has 1 atom stereocenters. The predicted molar refractivity (Wildman–Crippen MR) is 86.1 cm³/mol. The van der Waals surface area contributed by atoms with Gasteiger partial charge in [0, 0.05) is 16.1 Å². The van der Waals surface area contributed by atoms with Gasteiger partial charge in [0.15, 0.2) is 11.5 Å². The van der Waals surface area contributed by atoms with Crippen molar-refractivity contribution < 1.29 is 13.9 Å². The quantitative estimate of drug-likeness (QED) is 0.682. The van der Waals surface area contributed by atoms with E-state index in [1.54, 1.807) is 6.07 Å². The predicted octanol–water partition coefficient (Wildman–Crippen LogP) is 5.24. The monoisotopic (exact) mass is 372 g/mol. The maximum absolute atomic E-state index is 14.3. The largest absolute Gasteiger partial charge is 0.493 e. The van der Waals surface area contributed by atoms with Crippen LogP contribution in [0.15, 0.2) is 34.8 Å². The molecule has 0 heterocycles. The summed E-state index contributed by atoms with van der Waals surface area (Å²) in [6.45, 7) is 1.94. The van der Waals surface area contributed by atoms with Crippen molar-refractivity contribution in [2.24, 2.45) is 0 Å². The van der Waals surface area contributed by atoms with Gasteiger partial charge in [-0.3, -0.25) is 0 Å². The Labute approximate surface area is 137 Å². The van der Waals surface area contributed by atoms with E-state index in [9.17, 15) is 4.39 Å². The van der Waals surface area contributed by atoms with E-state index in [1.807, 2.05) is 25.1 Å². The summed E-state index contributed by atoms with van der Waals surface area (Å²) in [5, 5.41) is -0.599. The van der Waals surface area contributed by atoms with Crippen molar-refractivity contribution in [3.05, 3.63) is 57.3 Å². The lowest BCUT2D eigenvalue weighted by Gasteiger charge is -2.17. The molecule has 0 aliphatic rings. The Balaban J connectivity index is 2.50. The molecule has 2 nitrogen and oxygen atoms in total. The first-order valence-electron chi connectivity index (χ1n) is 6.29. The number of halogens is 3. The molecule has 0 aliphatic carbocycles. The fraction of sp³-hybridized carbons (Fsp3) is 0.250. The third-order valence-electron chi connectivity index (χ3n) is 3.28. The van der Waals surface area contributed by atoms with E-state index in [0.717, 1.165) is 15.6 Å². The lowest BCUT2D eigenvalue weighted by molar-refractivity contribution is 0.351. The van der Waals surface area contributed by atoms with Gasteiger partial charge in [-0.25, -0.2) is 4.39 Å². The van der Waals surface area contributed by atoms with Crippen LogP contribution in [-0.2, 0) is 0 Å². The van der Waals surface area contributed by atoms with Crippen LogP contribution in [0.1, 0.15) is 22.1 Å². The molecule has 0 bridgehead atoms. The molecule has 0 saturated heterocycles. The molecule has 21 heavy (non-hydrogen) atoms. The van der Waals surface area contributed by atoms with Crippen LogP contribution in [0.3, 0.4) is 0 Å². The van der Waals surface area contributed by atoms with Gasteiger partial charge in [-0.05, 0) is 36.2 Å². The summed E-state index contributed by atoms with van der Waals surface area (Å²) in [6, 6.07) is 8.58. The number of ether oxygens (including phenoxy) is 2. The average Bonchev–Trinajstić information content (AvgIpc) is 2.46. The zero-order valence-corrected chi connectivity index (χ0v) is 14.3. The van der Waals surface area contributed by atoms with Crippen LogP contribution < -0.4 is 9.47 Å². The van der Waals surface area contributed by atoms with Crippen LogP contribution in [-0.4, -0.2) is 14.2 Å². The summed E-state index contributed by atoms with van der Waals surface area (Å²) in [7, 11) is 2.97. The summed E-state index contributed by atoms with van der Waals surface area (Å²) in [6.07, 6.45) is 0. The van der Waals surface area contributed by atoms with E-state index in [0.29, 0.717) is 17.1 Å². The van der Waals surface area contributed by atoms with E-state index >= 15 is 0 Å². The molecule has 0 N–H and O–H groups in total. The first-order valence-corrected chi connectivity index (χ1v) is 7.52. The Kier molecular flexibility index (Phi) is 5.12. The van der Waals surface area contributed by atoms with Gasteiger partial charge in [0.25, 0.3) is 0 Å². The molecule has 2 aromatic rings. The molecule has 112 valence electrons. The van der Waals surface area contributed by atoms with Gasteiger partial charge in [-0.2, -0.15) is 0 Å². The lowest BCUT2D eigenvalue weighted by atomic mass is 9.99. The van der Waals surface area contributed by atoms with Crippen LogP contribution >= 0.6 is 27.5 Å². The standard InChI is InChI=1S/C16H15BrClFO2/c1-9-6-10(17)4-5-11(9)16(18)12-7-14(20-2)15(21-3)8-13(12)19/h4-8,16H,1-3H3. The minimum Gasteiger partial charge on any atom is -0.493 e. The van der Waals surface area contributed by atoms with Crippen molar-refractivity contribution in [3.63, 3.8) is 0 Å². The number of rotatable bonds is 4. The van der Waals surface area contributed by atoms with E-state index < -0.39 is 11.2 Å². The van der Waals surface area contributed by atoms with Gasteiger partial charge in [-0.15, -0.1) is 11.6 Å². The van der Waals surface area contributed by atoms with Crippen LogP contribution in [0.25, 0.3) is 0 Å². The summed E-state index contributed by atoms with van der Waals surface area (Å²) in [4.78, 5) is 0. The van der Waals surface area contributed by atoms with Crippen LogP contribution in [0.5, 0.6) is 11.5 Å². The normalized spacial score (nSPS) is 12.1. The number of alkyl halides is 1. The summed E-state index contributed by atoms with van der Waals surface area (Å²) >= 11 is 9.87. The Morgan fingerprint density at radius 2 is 1.67 bits per heavy atom. The van der Waals surface area contributed by atoms with Crippen molar-refractivity contribution in [2.45, 2.75) is 12.3 Å². The average molecular weight is 374 g/mol. The fourth-order valence-corrected chi connectivity index (χ4v) is 3.04. The Morgan fingerprint density at radius 1 is 1.05 bits per heavy atom. The Bertz CT molecular complexity index is 661. The van der Waals surface area contributed by atoms with E-state index in [2.05, 4.69) is 15.9 Å². The number of benzene rings is 2. The molecule has 1 unspecified atom stereocenters. The maximum atomic E-state index is 14.3. The first-order chi connectivity index (χ1) is 9.97. The molecule has 0 radical (unpaired) electrons. The molecular formula is C16H15BrClFO2. The second-order valence-electron chi connectivity index (χ2n) is 4.59. The van der Waals surface area contributed by atoms with Crippen LogP contribution in [0, 0.1) is 12.7 Å². The third-order valence-corrected chi connectivity index (χ3v) is 4.24. The Hall–Kier alpha value is -1.26. The zero-order chi connectivity index (χ0) is 15.6. The van der Waals surface area contributed by atoms with Gasteiger partial charge in [0.2, 0.25) is 0 Å². The topological polar surface area (TPSA) is 18.5 Å². The van der Waals surface area contributed by atoms with Crippen molar-refractivity contribution in [1.82, 2.24) is 0 Å². The van der Waals surface area contributed by atoms with Gasteiger partial charge >= 0.3 is 0 Å². The minimum atomic E-state index is -0.599. The zero-order valence-electron chi connectivity index (χ0n) is 11.9. The van der Waals surface area contributed by atoms with E-state index in [-0.39, 0.29) is 0 Å². The molecular weight excluding hydrogens is 359 g/mol. The summed E-state index contributed by atoms with van der Waals surface area (Å²) < 4.78 is 25.5. The molecule has 2 aromatic carbocycles. The molecule has 5 heteroatoms. The van der Waals surface area contributed by atoms with Crippen LogP contribution in [0.4, 0.5) is 4.39 Å². The molecule has 0 spiro atoms. The number of hydrogen-bond acceptors (Lipinski definition) is 2. The molecule has 0 saturated carbocycles. The molecule has 0 aliphatic heterocycles. The van der Waals surface area contributed by atoms with E-state index in [1.165, 1.54) is 20.3 Å². The van der Waals surface area contributed by atoms with Gasteiger partial charge in [0.05, 0.1) is 19.6 Å². The number of methoxy groups -OCH3 is 2.